The van der Waals surface area contributed by atoms with E-state index in [9.17, 15) is 9.59 Å². The monoisotopic (exact) mass is 433 g/mol. The fraction of sp³-hybridized carbons (Fsp3) is 0.208. The van der Waals surface area contributed by atoms with Crippen LogP contribution in [-0.4, -0.2) is 40.2 Å². The van der Waals surface area contributed by atoms with Gasteiger partial charge in [-0.1, -0.05) is 24.3 Å². The van der Waals surface area contributed by atoms with Crippen molar-refractivity contribution in [3.8, 4) is 0 Å². The van der Waals surface area contributed by atoms with Crippen LogP contribution in [0.4, 0.5) is 5.69 Å². The van der Waals surface area contributed by atoms with E-state index in [1.54, 1.807) is 38.2 Å². The number of carbonyl (C=O) groups excluding carboxylic acids is 2. The Morgan fingerprint density at radius 3 is 2.74 bits per heavy atom. The van der Waals surface area contributed by atoms with Crippen molar-refractivity contribution in [2.45, 2.75) is 20.4 Å². The Morgan fingerprint density at radius 2 is 1.97 bits per heavy atom. The molecule has 1 amide bonds. The maximum atomic E-state index is 12.9. The Morgan fingerprint density at radius 1 is 1.16 bits per heavy atom. The lowest BCUT2D eigenvalue weighted by Gasteiger charge is -2.07. The Bertz CT molecular complexity index is 1230. The average Bonchev–Trinajstić information content (AvgIpc) is 3.27. The second-order valence-corrected chi connectivity index (χ2v) is 8.04. The zero-order valence-electron chi connectivity index (χ0n) is 17.7. The molecule has 7 heteroatoms. The van der Waals surface area contributed by atoms with Gasteiger partial charge in [0, 0.05) is 36.3 Å². The molecule has 1 aliphatic heterocycles. The molecule has 0 atom stereocenters. The summed E-state index contributed by atoms with van der Waals surface area (Å²) in [5.41, 5.74) is 3.18. The molecule has 2 aromatic carbocycles. The molecule has 1 aromatic heterocycles. The molecule has 1 aliphatic rings. The summed E-state index contributed by atoms with van der Waals surface area (Å²) < 4.78 is 7.22. The lowest BCUT2D eigenvalue weighted by Crippen LogP contribution is -2.23. The average molecular weight is 434 g/mol. The molecule has 158 valence electrons. The highest BCUT2D eigenvalue weighted by Crippen LogP contribution is 2.35. The zero-order valence-corrected chi connectivity index (χ0v) is 18.5. The van der Waals surface area contributed by atoms with Crippen LogP contribution in [0.3, 0.4) is 0 Å². The third kappa shape index (κ3) is 4.14. The van der Waals surface area contributed by atoms with Crippen LogP contribution in [-0.2, 0) is 16.1 Å². The largest absolute Gasteiger partial charge is 0.462 e. The number of amides is 1. The first-order valence-electron chi connectivity index (χ1n) is 10.1. The lowest BCUT2D eigenvalue weighted by atomic mass is 10.1. The van der Waals surface area contributed by atoms with Crippen LogP contribution in [0.15, 0.2) is 64.6 Å². The lowest BCUT2D eigenvalue weighted by molar-refractivity contribution is -0.121. The van der Waals surface area contributed by atoms with Crippen LogP contribution >= 0.6 is 11.8 Å². The number of aryl methyl sites for hydroxylation is 1. The summed E-state index contributed by atoms with van der Waals surface area (Å²) in [6.45, 7) is 5.03. The fourth-order valence-corrected chi connectivity index (χ4v) is 4.45. The Balaban J connectivity index is 1.66. The van der Waals surface area contributed by atoms with Gasteiger partial charge in [-0.2, -0.15) is 0 Å². The van der Waals surface area contributed by atoms with Crippen molar-refractivity contribution in [1.82, 2.24) is 9.47 Å². The van der Waals surface area contributed by atoms with Gasteiger partial charge < -0.3 is 9.30 Å². The normalized spacial score (nSPS) is 16.6. The van der Waals surface area contributed by atoms with E-state index in [-0.39, 0.29) is 11.9 Å². The molecule has 31 heavy (non-hydrogen) atoms. The van der Waals surface area contributed by atoms with Crippen molar-refractivity contribution in [3.05, 3.63) is 70.8 Å². The summed E-state index contributed by atoms with van der Waals surface area (Å²) >= 11 is 1.33. The molecule has 0 aliphatic carbocycles. The van der Waals surface area contributed by atoms with E-state index in [4.69, 9.17) is 4.74 Å². The van der Waals surface area contributed by atoms with Crippen LogP contribution in [0.1, 0.15) is 29.8 Å². The highest BCUT2D eigenvalue weighted by atomic mass is 32.2. The number of rotatable bonds is 5. The number of hydrogen-bond donors (Lipinski definition) is 0. The molecular weight excluding hydrogens is 410 g/mol. The molecule has 1 fully saturated rings. The highest BCUT2D eigenvalue weighted by Gasteiger charge is 2.30. The first-order chi connectivity index (χ1) is 15.0. The Hall–Kier alpha value is -3.32. The first-order valence-corrected chi connectivity index (χ1v) is 10.9. The number of ether oxygens (including phenoxy) is 1. The van der Waals surface area contributed by atoms with Gasteiger partial charge in [-0.05, 0) is 56.0 Å². The van der Waals surface area contributed by atoms with Crippen molar-refractivity contribution in [2.24, 2.45) is 4.99 Å². The number of aromatic nitrogens is 1. The Labute approximate surface area is 185 Å². The van der Waals surface area contributed by atoms with Crippen LogP contribution in [0.5, 0.6) is 0 Å². The van der Waals surface area contributed by atoms with Gasteiger partial charge in [0.15, 0.2) is 5.17 Å². The topological polar surface area (TPSA) is 63.9 Å². The molecule has 0 bridgehead atoms. The minimum absolute atomic E-state index is 0.0985. The summed E-state index contributed by atoms with van der Waals surface area (Å²) in [6.07, 6.45) is 4.00. The van der Waals surface area contributed by atoms with Crippen LogP contribution in [0.2, 0.25) is 0 Å². The van der Waals surface area contributed by atoms with Crippen molar-refractivity contribution in [1.29, 1.82) is 0 Å². The highest BCUT2D eigenvalue weighted by molar-refractivity contribution is 8.18. The summed E-state index contributed by atoms with van der Waals surface area (Å²) in [4.78, 5) is 31.6. The smallest absolute Gasteiger partial charge is 0.338 e. The van der Waals surface area contributed by atoms with Crippen molar-refractivity contribution < 1.29 is 14.3 Å². The zero-order chi connectivity index (χ0) is 22.0. The molecule has 3 aromatic rings. The summed E-state index contributed by atoms with van der Waals surface area (Å²) in [6, 6.07) is 15.1. The van der Waals surface area contributed by atoms with Gasteiger partial charge in [-0.15, -0.1) is 0 Å². The molecule has 2 heterocycles. The number of thioether (sulfide) groups is 1. The number of likely N-dealkylation sites (N-methyl/N-ethyl adjacent to an activating group) is 1. The molecule has 0 N–H and O–H groups in total. The predicted molar refractivity (Wildman–Crippen MR) is 125 cm³/mol. The maximum absolute atomic E-state index is 12.9. The van der Waals surface area contributed by atoms with Gasteiger partial charge in [-0.3, -0.25) is 9.69 Å². The summed E-state index contributed by atoms with van der Waals surface area (Å²) in [7, 11) is 1.71. The minimum atomic E-state index is -0.388. The maximum Gasteiger partial charge on any atom is 0.338 e. The minimum Gasteiger partial charge on any atom is -0.462 e. The summed E-state index contributed by atoms with van der Waals surface area (Å²) in [5, 5.41) is 1.68. The number of para-hydroxylation sites is 1. The van der Waals surface area contributed by atoms with E-state index in [0.717, 1.165) is 23.0 Å². The van der Waals surface area contributed by atoms with Crippen LogP contribution in [0.25, 0.3) is 17.0 Å². The second-order valence-electron chi connectivity index (χ2n) is 7.03. The van der Waals surface area contributed by atoms with Gasteiger partial charge in [0.25, 0.3) is 5.91 Å². The number of amidine groups is 1. The molecule has 0 saturated carbocycles. The van der Waals surface area contributed by atoms with Gasteiger partial charge in [-0.25, -0.2) is 9.79 Å². The number of hydrogen-bond acceptors (Lipinski definition) is 5. The molecule has 0 spiro atoms. The quantitative estimate of drug-likeness (QED) is 0.416. The van der Waals surface area contributed by atoms with Crippen molar-refractivity contribution in [2.75, 3.05) is 13.7 Å². The molecule has 1 saturated heterocycles. The SMILES string of the molecule is CCOC(=O)c1cccc(N=C2SC(=Cc3cn(CC)c4ccccc34)C(=O)N2C)c1. The Kier molecular flexibility index (Phi) is 5.95. The summed E-state index contributed by atoms with van der Waals surface area (Å²) in [5.74, 6) is -0.486. The van der Waals surface area contributed by atoms with E-state index in [1.165, 1.54) is 16.7 Å². The van der Waals surface area contributed by atoms with E-state index in [1.807, 2.05) is 18.2 Å². The number of fused-ring (bicyclic) bond motifs is 1. The number of nitrogens with zero attached hydrogens (tertiary/aromatic N) is 3. The third-order valence-corrected chi connectivity index (χ3v) is 6.09. The second kappa shape index (κ2) is 8.81. The number of benzene rings is 2. The van der Waals surface area contributed by atoms with Gasteiger partial charge in [0.2, 0.25) is 0 Å². The molecule has 6 nitrogen and oxygen atoms in total. The van der Waals surface area contributed by atoms with E-state index >= 15 is 0 Å². The predicted octanol–water partition coefficient (Wildman–Crippen LogP) is 5.07. The first kappa shape index (κ1) is 20.9. The van der Waals surface area contributed by atoms with Gasteiger partial charge in [0.1, 0.15) is 0 Å². The molecule has 4 rings (SSSR count). The van der Waals surface area contributed by atoms with Crippen molar-refractivity contribution >= 4 is 51.5 Å². The number of esters is 1. The molecule has 0 radical (unpaired) electrons. The van der Waals surface area contributed by atoms with Gasteiger partial charge in [0.05, 0.1) is 22.8 Å². The van der Waals surface area contributed by atoms with Crippen molar-refractivity contribution in [3.63, 3.8) is 0 Å². The fourth-order valence-electron chi connectivity index (χ4n) is 3.47. The van der Waals surface area contributed by atoms with Crippen LogP contribution < -0.4 is 0 Å². The van der Waals surface area contributed by atoms with E-state index in [0.29, 0.717) is 27.9 Å². The van der Waals surface area contributed by atoms with Crippen LogP contribution in [0, 0.1) is 0 Å². The number of aliphatic imine (C=N–C) groups is 1. The third-order valence-electron chi connectivity index (χ3n) is 5.03. The van der Waals surface area contributed by atoms with E-state index in [2.05, 4.69) is 34.8 Å². The molecule has 0 unspecified atom stereocenters. The molecular formula is C24H23N3O3S. The standard InChI is InChI=1S/C24H23N3O3S/c1-4-27-15-17(19-11-6-7-12-20(19)27)14-21-22(28)26(3)24(31-21)25-18-10-8-9-16(13-18)23(29)30-5-2/h6-15H,4-5H2,1-3H3. The number of carbonyl (C=O) groups is 2. The van der Waals surface area contributed by atoms with Gasteiger partial charge >= 0.3 is 5.97 Å². The van der Waals surface area contributed by atoms with E-state index < -0.39 is 0 Å².